The molecule has 1 aliphatic rings. The van der Waals surface area contributed by atoms with E-state index in [0.717, 1.165) is 5.69 Å². The normalized spacial score (nSPS) is 21.3. The first kappa shape index (κ1) is 19.7. The number of nitrogens with one attached hydrogen (secondary N) is 1. The predicted octanol–water partition coefficient (Wildman–Crippen LogP) is 7.21. The quantitative estimate of drug-likeness (QED) is 0.188. The van der Waals surface area contributed by atoms with Crippen LogP contribution in [0.15, 0.2) is 66.7 Å². The van der Waals surface area contributed by atoms with E-state index in [4.69, 9.17) is 14.5 Å². The number of benzene rings is 5. The fourth-order valence-electron chi connectivity index (χ4n) is 4.90. The van der Waals surface area contributed by atoms with Crippen molar-refractivity contribution in [3.63, 3.8) is 0 Å². The van der Waals surface area contributed by atoms with Gasteiger partial charge in [0.15, 0.2) is 12.5 Å². The summed E-state index contributed by atoms with van der Waals surface area (Å²) in [5.41, 5.74) is 0.374. The van der Waals surface area contributed by atoms with Gasteiger partial charge in [0.05, 0.1) is 0 Å². The molecular weight excluding hydrogens is 398 g/mol. The van der Waals surface area contributed by atoms with Crippen molar-refractivity contribution in [3.8, 4) is 0 Å². The van der Waals surface area contributed by atoms with Gasteiger partial charge in [0, 0.05) is 11.6 Å². The minimum absolute atomic E-state index is 0.185. The van der Waals surface area contributed by atoms with Gasteiger partial charge < -0.3 is 10.1 Å². The highest BCUT2D eigenvalue weighted by atomic mass is 17.2. The number of rotatable bonds is 3. The topological polar surface area (TPSA) is 39.7 Å². The maximum absolute atomic E-state index is 6.25. The lowest BCUT2D eigenvalue weighted by Gasteiger charge is -2.42. The molecule has 32 heavy (non-hydrogen) atoms. The molecule has 4 heteroatoms. The van der Waals surface area contributed by atoms with Crippen molar-refractivity contribution in [2.24, 2.45) is 5.92 Å². The molecule has 2 unspecified atom stereocenters. The number of ether oxygens (including phenoxy) is 1. The number of anilines is 1. The van der Waals surface area contributed by atoms with Gasteiger partial charge >= 0.3 is 0 Å². The second-order valence-corrected chi connectivity index (χ2v) is 9.69. The number of fused-ring (bicyclic) bond motifs is 2. The van der Waals surface area contributed by atoms with Gasteiger partial charge in [0.25, 0.3) is 0 Å². The van der Waals surface area contributed by atoms with Crippen molar-refractivity contribution >= 4 is 48.8 Å². The maximum Gasteiger partial charge on any atom is 0.196 e. The molecule has 162 valence electrons. The third kappa shape index (κ3) is 2.95. The van der Waals surface area contributed by atoms with Crippen LogP contribution in [-0.4, -0.2) is 18.1 Å². The van der Waals surface area contributed by atoms with E-state index in [9.17, 15) is 0 Å². The third-order valence-electron chi connectivity index (χ3n) is 6.56. The molecule has 0 spiro atoms. The van der Waals surface area contributed by atoms with E-state index < -0.39 is 11.9 Å². The van der Waals surface area contributed by atoms with E-state index in [-0.39, 0.29) is 12.1 Å². The smallest absolute Gasteiger partial charge is 0.196 e. The van der Waals surface area contributed by atoms with Crippen LogP contribution >= 0.6 is 0 Å². The van der Waals surface area contributed by atoms with Crippen LogP contribution in [0.25, 0.3) is 43.1 Å². The van der Waals surface area contributed by atoms with Crippen LogP contribution in [0.1, 0.15) is 27.7 Å². The van der Waals surface area contributed by atoms with E-state index >= 15 is 0 Å². The molecule has 1 saturated heterocycles. The summed E-state index contributed by atoms with van der Waals surface area (Å²) in [7, 11) is 0. The lowest BCUT2D eigenvalue weighted by atomic mass is 9.89. The fourth-order valence-corrected chi connectivity index (χ4v) is 4.90. The monoisotopic (exact) mass is 425 g/mol. The van der Waals surface area contributed by atoms with Crippen LogP contribution in [0.3, 0.4) is 0 Å². The Morgan fingerprint density at radius 2 is 1.38 bits per heavy atom. The summed E-state index contributed by atoms with van der Waals surface area (Å²) in [6.45, 7) is 8.06. The van der Waals surface area contributed by atoms with Gasteiger partial charge in [-0.3, -0.25) is 0 Å². The molecular formula is C28H27NO3. The first-order valence-corrected chi connectivity index (χ1v) is 11.3. The molecule has 1 N–H and O–H groups in total. The predicted molar refractivity (Wildman–Crippen MR) is 131 cm³/mol. The van der Waals surface area contributed by atoms with Crippen LogP contribution in [0.4, 0.5) is 5.69 Å². The Morgan fingerprint density at radius 1 is 0.781 bits per heavy atom. The SMILES string of the molecule is CC(C)C1OOC(C)(C)C(Nc2cc3cccc4c5cccc6cccc(c(c2)c34)c65)O1. The van der Waals surface area contributed by atoms with Crippen LogP contribution in [0, 0.1) is 5.92 Å². The molecule has 0 aromatic heterocycles. The molecule has 0 aliphatic carbocycles. The molecule has 1 fully saturated rings. The second-order valence-electron chi connectivity index (χ2n) is 9.69. The van der Waals surface area contributed by atoms with Crippen molar-refractivity contribution in [2.75, 3.05) is 5.32 Å². The molecule has 1 aliphatic heterocycles. The molecule has 4 nitrogen and oxygen atoms in total. The minimum Gasteiger partial charge on any atom is -0.358 e. The zero-order valence-electron chi connectivity index (χ0n) is 18.8. The number of hydrogen-bond acceptors (Lipinski definition) is 4. The first-order chi connectivity index (χ1) is 15.4. The largest absolute Gasteiger partial charge is 0.358 e. The fraction of sp³-hybridized carbons (Fsp3) is 0.286. The maximum atomic E-state index is 6.25. The highest BCUT2D eigenvalue weighted by Gasteiger charge is 2.41. The molecule has 0 radical (unpaired) electrons. The van der Waals surface area contributed by atoms with Crippen LogP contribution in [0.2, 0.25) is 0 Å². The molecule has 5 aromatic rings. The van der Waals surface area contributed by atoms with Crippen molar-refractivity contribution < 1.29 is 14.5 Å². The average molecular weight is 426 g/mol. The Hall–Kier alpha value is -2.92. The summed E-state index contributed by atoms with van der Waals surface area (Å²) >= 11 is 0. The molecule has 0 bridgehead atoms. The molecule has 0 amide bonds. The Bertz CT molecular complexity index is 1450. The lowest BCUT2D eigenvalue weighted by Crippen LogP contribution is -2.54. The molecule has 1 heterocycles. The van der Waals surface area contributed by atoms with Crippen molar-refractivity contribution in [1.29, 1.82) is 0 Å². The van der Waals surface area contributed by atoms with E-state index in [2.05, 4.69) is 85.9 Å². The minimum atomic E-state index is -0.633. The summed E-state index contributed by atoms with van der Waals surface area (Å²) in [5.74, 6) is 0.185. The summed E-state index contributed by atoms with van der Waals surface area (Å²) in [6, 6.07) is 24.2. The first-order valence-electron chi connectivity index (χ1n) is 11.3. The Morgan fingerprint density at radius 3 is 2.03 bits per heavy atom. The molecule has 2 atom stereocenters. The van der Waals surface area contributed by atoms with E-state index in [1.807, 2.05) is 13.8 Å². The molecule has 0 saturated carbocycles. The number of hydrogen-bond donors (Lipinski definition) is 1. The molecule has 6 rings (SSSR count). The highest BCUT2D eigenvalue weighted by molar-refractivity contribution is 6.33. The van der Waals surface area contributed by atoms with Crippen molar-refractivity contribution in [1.82, 2.24) is 0 Å². The van der Waals surface area contributed by atoms with Crippen LogP contribution < -0.4 is 5.32 Å². The van der Waals surface area contributed by atoms with Crippen molar-refractivity contribution in [3.05, 3.63) is 66.7 Å². The highest BCUT2D eigenvalue weighted by Crippen LogP contribution is 2.41. The average Bonchev–Trinajstić information content (AvgIpc) is 2.78. The third-order valence-corrected chi connectivity index (χ3v) is 6.56. The van der Waals surface area contributed by atoms with Gasteiger partial charge in [-0.25, -0.2) is 9.78 Å². The second kappa shape index (κ2) is 7.04. The summed E-state index contributed by atoms with van der Waals surface area (Å²) in [6.07, 6.45) is -0.755. The Kier molecular flexibility index (Phi) is 4.34. The Balaban J connectivity index is 1.56. The molecule has 5 aromatic carbocycles. The van der Waals surface area contributed by atoms with Gasteiger partial charge in [-0.05, 0) is 69.1 Å². The van der Waals surface area contributed by atoms with Gasteiger partial charge in [0.1, 0.15) is 5.60 Å². The Labute approximate surface area is 187 Å². The van der Waals surface area contributed by atoms with Gasteiger partial charge in [-0.15, -0.1) is 0 Å². The van der Waals surface area contributed by atoms with Crippen molar-refractivity contribution in [2.45, 2.75) is 45.8 Å². The van der Waals surface area contributed by atoms with Gasteiger partial charge in [-0.2, -0.15) is 0 Å². The zero-order valence-corrected chi connectivity index (χ0v) is 18.8. The van der Waals surface area contributed by atoms with Gasteiger partial charge in [-0.1, -0.05) is 68.4 Å². The van der Waals surface area contributed by atoms with Gasteiger partial charge in [0.2, 0.25) is 0 Å². The summed E-state index contributed by atoms with van der Waals surface area (Å²) < 4.78 is 6.25. The summed E-state index contributed by atoms with van der Waals surface area (Å²) in [5, 5.41) is 13.8. The zero-order chi connectivity index (χ0) is 22.0. The van der Waals surface area contributed by atoms with E-state index in [1.54, 1.807) is 0 Å². The standard InChI is InChI=1S/C28H27NO3/c1-16(2)26-30-27(28(3,4)32-31-26)29-19-14-18-10-7-12-21-20-11-5-8-17-9-6-13-22(24(17)20)23(15-19)25(18)21/h5-16,26-27,29H,1-4H3. The van der Waals surface area contributed by atoms with E-state index in [1.165, 1.54) is 43.1 Å². The summed E-state index contributed by atoms with van der Waals surface area (Å²) in [4.78, 5) is 11.2. The lowest BCUT2D eigenvalue weighted by molar-refractivity contribution is -0.485. The van der Waals surface area contributed by atoms with E-state index in [0.29, 0.717) is 0 Å². The van der Waals surface area contributed by atoms with Crippen LogP contribution in [0.5, 0.6) is 0 Å². The van der Waals surface area contributed by atoms with Crippen LogP contribution in [-0.2, 0) is 14.5 Å².